The Hall–Kier alpha value is -1.96. The molecule has 0 radical (unpaired) electrons. The minimum atomic E-state index is -1.04. The Kier molecular flexibility index (Phi) is 4.89. The molecule has 0 aromatic carbocycles. The Balaban J connectivity index is 2.11. The molecule has 21 heavy (non-hydrogen) atoms. The standard InChI is InChI=1S/C13H21N5O3/c1-9(2)17(8-12(19)20)13(21)11-7-18(16-15-11)10-3-5-14-6-4-10/h7,9-10,14H,3-6,8H2,1-2H3,(H,19,20). The van der Waals surface area contributed by atoms with Crippen molar-refractivity contribution in [3.8, 4) is 0 Å². The number of nitrogens with zero attached hydrogens (tertiary/aromatic N) is 4. The summed E-state index contributed by atoms with van der Waals surface area (Å²) in [6.45, 7) is 5.06. The van der Waals surface area contributed by atoms with Gasteiger partial charge in [0.05, 0.1) is 12.2 Å². The fourth-order valence-electron chi connectivity index (χ4n) is 2.41. The van der Waals surface area contributed by atoms with E-state index in [1.54, 1.807) is 24.7 Å². The van der Waals surface area contributed by atoms with Crippen molar-refractivity contribution in [2.75, 3.05) is 19.6 Å². The van der Waals surface area contributed by atoms with Gasteiger partial charge < -0.3 is 15.3 Å². The lowest BCUT2D eigenvalue weighted by Gasteiger charge is -2.24. The van der Waals surface area contributed by atoms with Gasteiger partial charge in [0.2, 0.25) is 0 Å². The van der Waals surface area contributed by atoms with E-state index in [9.17, 15) is 9.59 Å². The number of carbonyl (C=O) groups is 2. The molecule has 1 saturated heterocycles. The van der Waals surface area contributed by atoms with Gasteiger partial charge in [-0.05, 0) is 39.8 Å². The third-order valence-electron chi connectivity index (χ3n) is 3.60. The molecular formula is C13H21N5O3. The molecule has 2 heterocycles. The Morgan fingerprint density at radius 1 is 1.48 bits per heavy atom. The summed E-state index contributed by atoms with van der Waals surface area (Å²) < 4.78 is 1.72. The average Bonchev–Trinajstić information content (AvgIpc) is 2.94. The van der Waals surface area contributed by atoms with Crippen LogP contribution in [0.15, 0.2) is 6.20 Å². The number of nitrogens with one attached hydrogen (secondary N) is 1. The number of rotatable bonds is 5. The van der Waals surface area contributed by atoms with Crippen LogP contribution in [0.4, 0.5) is 0 Å². The van der Waals surface area contributed by atoms with Crippen LogP contribution in [0.1, 0.15) is 43.2 Å². The second-order valence-electron chi connectivity index (χ2n) is 5.49. The molecule has 0 unspecified atom stereocenters. The molecule has 0 bridgehead atoms. The molecule has 116 valence electrons. The zero-order valence-corrected chi connectivity index (χ0v) is 12.3. The minimum Gasteiger partial charge on any atom is -0.480 e. The first-order valence-electron chi connectivity index (χ1n) is 7.14. The number of carboxylic acid groups (broad SMARTS) is 1. The molecule has 1 amide bonds. The van der Waals surface area contributed by atoms with Crippen LogP contribution in [0, 0.1) is 0 Å². The maximum atomic E-state index is 12.4. The fraction of sp³-hybridized carbons (Fsp3) is 0.692. The number of hydrogen-bond donors (Lipinski definition) is 2. The lowest BCUT2D eigenvalue weighted by molar-refractivity contribution is -0.138. The van der Waals surface area contributed by atoms with Crippen molar-refractivity contribution >= 4 is 11.9 Å². The Morgan fingerprint density at radius 2 is 2.14 bits per heavy atom. The van der Waals surface area contributed by atoms with Gasteiger partial charge in [-0.25, -0.2) is 4.68 Å². The molecule has 1 aromatic rings. The molecule has 1 aliphatic rings. The highest BCUT2D eigenvalue weighted by atomic mass is 16.4. The highest BCUT2D eigenvalue weighted by Crippen LogP contribution is 2.17. The molecule has 8 heteroatoms. The first-order chi connectivity index (χ1) is 9.99. The second kappa shape index (κ2) is 6.66. The normalized spacial score (nSPS) is 16.1. The summed E-state index contributed by atoms with van der Waals surface area (Å²) in [6, 6.07) is 0.0323. The highest BCUT2D eigenvalue weighted by molar-refractivity contribution is 5.94. The number of carboxylic acids is 1. The number of aromatic nitrogens is 3. The van der Waals surface area contributed by atoms with Crippen LogP contribution in [0.3, 0.4) is 0 Å². The van der Waals surface area contributed by atoms with Crippen molar-refractivity contribution in [1.82, 2.24) is 25.2 Å². The van der Waals surface area contributed by atoms with E-state index in [2.05, 4.69) is 15.6 Å². The topological polar surface area (TPSA) is 100 Å². The van der Waals surface area contributed by atoms with E-state index in [4.69, 9.17) is 5.11 Å². The summed E-state index contributed by atoms with van der Waals surface area (Å²) in [4.78, 5) is 24.5. The summed E-state index contributed by atoms with van der Waals surface area (Å²) in [7, 11) is 0. The largest absolute Gasteiger partial charge is 0.480 e. The van der Waals surface area contributed by atoms with Crippen LogP contribution in [-0.2, 0) is 4.79 Å². The third kappa shape index (κ3) is 3.78. The maximum Gasteiger partial charge on any atom is 0.323 e. The summed E-state index contributed by atoms with van der Waals surface area (Å²) in [5.41, 5.74) is 0.198. The molecule has 0 aliphatic carbocycles. The zero-order valence-electron chi connectivity index (χ0n) is 12.3. The highest BCUT2D eigenvalue weighted by Gasteiger charge is 2.25. The molecule has 1 aromatic heterocycles. The van der Waals surface area contributed by atoms with E-state index in [0.717, 1.165) is 25.9 Å². The van der Waals surface area contributed by atoms with Gasteiger partial charge in [-0.1, -0.05) is 5.21 Å². The van der Waals surface area contributed by atoms with E-state index < -0.39 is 11.9 Å². The van der Waals surface area contributed by atoms with Gasteiger partial charge in [0.15, 0.2) is 5.69 Å². The number of aliphatic carboxylic acids is 1. The zero-order chi connectivity index (χ0) is 15.4. The minimum absolute atomic E-state index is 0.198. The van der Waals surface area contributed by atoms with Gasteiger partial charge in [0.25, 0.3) is 5.91 Å². The number of carbonyl (C=O) groups excluding carboxylic acids is 1. The Labute approximate surface area is 123 Å². The average molecular weight is 295 g/mol. The summed E-state index contributed by atoms with van der Waals surface area (Å²) >= 11 is 0. The predicted molar refractivity (Wildman–Crippen MR) is 75.0 cm³/mol. The van der Waals surface area contributed by atoms with Crippen molar-refractivity contribution in [3.63, 3.8) is 0 Å². The summed E-state index contributed by atoms with van der Waals surface area (Å²) in [5.74, 6) is -1.43. The number of amides is 1. The molecule has 8 nitrogen and oxygen atoms in total. The molecule has 2 rings (SSSR count). The van der Waals surface area contributed by atoms with Gasteiger partial charge in [0, 0.05) is 6.04 Å². The summed E-state index contributed by atoms with van der Waals surface area (Å²) in [6.07, 6.45) is 3.51. The predicted octanol–water partition coefficient (Wildman–Crippen LogP) is 0.138. The molecule has 1 fully saturated rings. The SMILES string of the molecule is CC(C)N(CC(=O)O)C(=O)c1cn(C2CCNCC2)nn1. The van der Waals surface area contributed by atoms with Crippen LogP contribution in [0.5, 0.6) is 0 Å². The first kappa shape index (κ1) is 15.4. The van der Waals surface area contributed by atoms with Crippen molar-refractivity contribution < 1.29 is 14.7 Å². The monoisotopic (exact) mass is 295 g/mol. The molecule has 0 spiro atoms. The van der Waals surface area contributed by atoms with E-state index in [1.807, 2.05) is 0 Å². The lowest BCUT2D eigenvalue weighted by Crippen LogP contribution is -2.40. The van der Waals surface area contributed by atoms with E-state index >= 15 is 0 Å². The van der Waals surface area contributed by atoms with E-state index in [1.165, 1.54) is 4.90 Å². The quantitative estimate of drug-likeness (QED) is 0.801. The van der Waals surface area contributed by atoms with E-state index in [0.29, 0.717) is 0 Å². The molecule has 0 saturated carbocycles. The van der Waals surface area contributed by atoms with Crippen LogP contribution >= 0.6 is 0 Å². The van der Waals surface area contributed by atoms with Gasteiger partial charge in [-0.3, -0.25) is 9.59 Å². The molecule has 0 atom stereocenters. The maximum absolute atomic E-state index is 12.4. The Morgan fingerprint density at radius 3 is 2.71 bits per heavy atom. The lowest BCUT2D eigenvalue weighted by atomic mass is 10.1. The Bertz CT molecular complexity index is 508. The summed E-state index contributed by atoms with van der Waals surface area (Å²) in [5, 5.41) is 20.1. The number of piperidine rings is 1. The van der Waals surface area contributed by atoms with Gasteiger partial charge in [-0.2, -0.15) is 0 Å². The van der Waals surface area contributed by atoms with E-state index in [-0.39, 0.29) is 24.3 Å². The second-order valence-corrected chi connectivity index (χ2v) is 5.49. The van der Waals surface area contributed by atoms with Gasteiger partial charge in [0.1, 0.15) is 6.54 Å². The van der Waals surface area contributed by atoms with Gasteiger partial charge >= 0.3 is 5.97 Å². The molecular weight excluding hydrogens is 274 g/mol. The molecule has 1 aliphatic heterocycles. The van der Waals surface area contributed by atoms with Crippen LogP contribution in [-0.4, -0.2) is 62.6 Å². The van der Waals surface area contributed by atoms with Crippen LogP contribution < -0.4 is 5.32 Å². The third-order valence-corrected chi connectivity index (χ3v) is 3.60. The molecule has 2 N–H and O–H groups in total. The fourth-order valence-corrected chi connectivity index (χ4v) is 2.41. The van der Waals surface area contributed by atoms with Crippen molar-refractivity contribution in [2.45, 2.75) is 38.8 Å². The van der Waals surface area contributed by atoms with Crippen LogP contribution in [0.25, 0.3) is 0 Å². The van der Waals surface area contributed by atoms with Crippen molar-refractivity contribution in [2.24, 2.45) is 0 Å². The van der Waals surface area contributed by atoms with Gasteiger partial charge in [-0.15, -0.1) is 5.10 Å². The van der Waals surface area contributed by atoms with Crippen molar-refractivity contribution in [3.05, 3.63) is 11.9 Å². The van der Waals surface area contributed by atoms with Crippen LogP contribution in [0.2, 0.25) is 0 Å². The smallest absolute Gasteiger partial charge is 0.323 e. The number of hydrogen-bond acceptors (Lipinski definition) is 5. The first-order valence-corrected chi connectivity index (χ1v) is 7.14. The van der Waals surface area contributed by atoms with Crippen molar-refractivity contribution in [1.29, 1.82) is 0 Å².